The molecule has 1 aromatic carbocycles. The van der Waals surface area contributed by atoms with Gasteiger partial charge in [0.15, 0.2) is 11.5 Å². The van der Waals surface area contributed by atoms with Crippen molar-refractivity contribution in [3.05, 3.63) is 23.9 Å². The predicted octanol–water partition coefficient (Wildman–Crippen LogP) is 1.92. The van der Waals surface area contributed by atoms with Crippen molar-refractivity contribution in [3.63, 3.8) is 0 Å². The second kappa shape index (κ2) is 5.05. The number of carbonyl (C=O) groups excluding carboxylic acids is 1. The van der Waals surface area contributed by atoms with Crippen LogP contribution in [0.1, 0.15) is 23.3 Å². The molecule has 0 bridgehead atoms. The van der Waals surface area contributed by atoms with Gasteiger partial charge in [0.2, 0.25) is 6.79 Å². The molecule has 1 aromatic heterocycles. The maximum Gasteiger partial charge on any atom is 0.269 e. The normalized spacial score (nSPS) is 16.3. The second-order valence-corrected chi connectivity index (χ2v) is 5.52. The van der Waals surface area contributed by atoms with E-state index in [1.807, 2.05) is 18.2 Å². The van der Waals surface area contributed by atoms with E-state index < -0.39 is 0 Å². The Hall–Kier alpha value is -2.50. The van der Waals surface area contributed by atoms with Crippen LogP contribution in [-0.2, 0) is 0 Å². The smallest absolute Gasteiger partial charge is 0.269 e. The molecule has 22 heavy (non-hydrogen) atoms. The van der Waals surface area contributed by atoms with Crippen LogP contribution in [0.5, 0.6) is 11.5 Å². The number of aromatic nitrogens is 1. The lowest BCUT2D eigenvalue weighted by molar-refractivity contribution is 0.0958. The number of hydrogen-bond acceptors (Lipinski definition) is 5. The predicted molar refractivity (Wildman–Crippen MR) is 82.7 cm³/mol. The van der Waals surface area contributed by atoms with Gasteiger partial charge >= 0.3 is 0 Å². The number of ether oxygens (including phenoxy) is 2. The van der Waals surface area contributed by atoms with Gasteiger partial charge in [0.05, 0.1) is 5.52 Å². The summed E-state index contributed by atoms with van der Waals surface area (Å²) in [6, 6.07) is 5.68. The van der Waals surface area contributed by atoms with Crippen LogP contribution in [0.15, 0.2) is 18.2 Å². The molecule has 0 spiro atoms. The molecule has 1 N–H and O–H groups in total. The SMILES string of the molecule is CNC(=O)c1cc(N2CCCC2)c2cc3c(cc2n1)OCO3. The zero-order chi connectivity index (χ0) is 15.1. The van der Waals surface area contributed by atoms with Crippen molar-refractivity contribution >= 4 is 22.5 Å². The topological polar surface area (TPSA) is 63.7 Å². The lowest BCUT2D eigenvalue weighted by Gasteiger charge is -2.20. The number of benzene rings is 1. The molecule has 1 saturated heterocycles. The lowest BCUT2D eigenvalue weighted by Crippen LogP contribution is -2.22. The van der Waals surface area contributed by atoms with Gasteiger partial charge in [-0.2, -0.15) is 0 Å². The summed E-state index contributed by atoms with van der Waals surface area (Å²) in [7, 11) is 1.61. The third-order valence-electron chi connectivity index (χ3n) is 4.19. The van der Waals surface area contributed by atoms with Crippen molar-refractivity contribution in [2.24, 2.45) is 0 Å². The minimum Gasteiger partial charge on any atom is -0.454 e. The van der Waals surface area contributed by atoms with E-state index in [1.165, 1.54) is 12.8 Å². The molecule has 1 amide bonds. The average molecular weight is 299 g/mol. The van der Waals surface area contributed by atoms with Crippen molar-refractivity contribution in [1.82, 2.24) is 10.3 Å². The summed E-state index contributed by atoms with van der Waals surface area (Å²) in [5, 5.41) is 3.64. The van der Waals surface area contributed by atoms with Crippen LogP contribution in [0.25, 0.3) is 10.9 Å². The highest BCUT2D eigenvalue weighted by Gasteiger charge is 2.22. The molecule has 0 unspecified atom stereocenters. The van der Waals surface area contributed by atoms with Crippen LogP contribution in [0, 0.1) is 0 Å². The van der Waals surface area contributed by atoms with Gasteiger partial charge < -0.3 is 19.7 Å². The van der Waals surface area contributed by atoms with Crippen LogP contribution < -0.4 is 19.7 Å². The van der Waals surface area contributed by atoms with E-state index in [0.717, 1.165) is 35.4 Å². The zero-order valence-corrected chi connectivity index (χ0v) is 12.4. The number of hydrogen-bond donors (Lipinski definition) is 1. The summed E-state index contributed by atoms with van der Waals surface area (Å²) in [5.74, 6) is 1.24. The van der Waals surface area contributed by atoms with Gasteiger partial charge in [-0.1, -0.05) is 0 Å². The van der Waals surface area contributed by atoms with E-state index >= 15 is 0 Å². The van der Waals surface area contributed by atoms with Gasteiger partial charge in [-0.15, -0.1) is 0 Å². The fourth-order valence-electron chi connectivity index (χ4n) is 3.06. The van der Waals surface area contributed by atoms with E-state index in [0.29, 0.717) is 11.4 Å². The van der Waals surface area contributed by atoms with Crippen molar-refractivity contribution in [1.29, 1.82) is 0 Å². The van der Waals surface area contributed by atoms with Crippen LogP contribution in [-0.4, -0.2) is 37.8 Å². The molecular weight excluding hydrogens is 282 g/mol. The van der Waals surface area contributed by atoms with E-state index in [4.69, 9.17) is 9.47 Å². The van der Waals surface area contributed by atoms with Crippen LogP contribution in [0.2, 0.25) is 0 Å². The maximum atomic E-state index is 12.0. The fourth-order valence-corrected chi connectivity index (χ4v) is 3.06. The first-order valence-electron chi connectivity index (χ1n) is 7.48. The number of fused-ring (bicyclic) bond motifs is 2. The molecular formula is C16H17N3O3. The molecule has 1 fully saturated rings. The lowest BCUT2D eigenvalue weighted by atomic mass is 10.1. The van der Waals surface area contributed by atoms with Gasteiger partial charge in [0.25, 0.3) is 5.91 Å². The quantitative estimate of drug-likeness (QED) is 0.918. The molecule has 2 aliphatic rings. The highest BCUT2D eigenvalue weighted by atomic mass is 16.7. The fraction of sp³-hybridized carbons (Fsp3) is 0.375. The number of pyridine rings is 1. The molecule has 4 rings (SSSR count). The number of amides is 1. The van der Waals surface area contributed by atoms with Gasteiger partial charge in [0.1, 0.15) is 5.69 Å². The first-order valence-corrected chi connectivity index (χ1v) is 7.48. The molecule has 114 valence electrons. The number of anilines is 1. The van der Waals surface area contributed by atoms with Crippen molar-refractivity contribution in [3.8, 4) is 11.5 Å². The van der Waals surface area contributed by atoms with Gasteiger partial charge in [-0.3, -0.25) is 4.79 Å². The Morgan fingerprint density at radius 3 is 2.64 bits per heavy atom. The Kier molecular flexibility index (Phi) is 3.03. The molecule has 6 nitrogen and oxygen atoms in total. The van der Waals surface area contributed by atoms with E-state index in [1.54, 1.807) is 7.05 Å². The highest BCUT2D eigenvalue weighted by Crippen LogP contribution is 2.39. The molecule has 0 aliphatic carbocycles. The largest absolute Gasteiger partial charge is 0.454 e. The van der Waals surface area contributed by atoms with Crippen molar-refractivity contribution < 1.29 is 14.3 Å². The third kappa shape index (κ3) is 2.03. The Labute approximate surface area is 128 Å². The third-order valence-corrected chi connectivity index (χ3v) is 4.19. The van der Waals surface area contributed by atoms with E-state index in [-0.39, 0.29) is 12.7 Å². The average Bonchev–Trinajstić information content (AvgIpc) is 3.21. The van der Waals surface area contributed by atoms with Crippen molar-refractivity contribution in [2.45, 2.75) is 12.8 Å². The summed E-state index contributed by atoms with van der Waals surface area (Å²) < 4.78 is 10.9. The minimum absolute atomic E-state index is 0.181. The molecule has 6 heteroatoms. The van der Waals surface area contributed by atoms with Crippen LogP contribution in [0.4, 0.5) is 5.69 Å². The summed E-state index contributed by atoms with van der Waals surface area (Å²) in [6.07, 6.45) is 2.34. The second-order valence-electron chi connectivity index (χ2n) is 5.52. The van der Waals surface area contributed by atoms with Crippen LogP contribution in [0.3, 0.4) is 0 Å². The number of nitrogens with one attached hydrogen (secondary N) is 1. The van der Waals surface area contributed by atoms with Gasteiger partial charge in [0, 0.05) is 37.3 Å². The molecule has 2 aromatic rings. The molecule has 0 radical (unpaired) electrons. The van der Waals surface area contributed by atoms with Gasteiger partial charge in [-0.25, -0.2) is 4.98 Å². The molecule has 2 aliphatic heterocycles. The van der Waals surface area contributed by atoms with E-state index in [9.17, 15) is 4.79 Å². The summed E-state index contributed by atoms with van der Waals surface area (Å²) >= 11 is 0. The Morgan fingerprint density at radius 1 is 1.18 bits per heavy atom. The Balaban J connectivity index is 1.94. The van der Waals surface area contributed by atoms with Gasteiger partial charge in [-0.05, 0) is 25.0 Å². The number of rotatable bonds is 2. The Morgan fingerprint density at radius 2 is 1.91 bits per heavy atom. The molecule has 3 heterocycles. The van der Waals surface area contributed by atoms with Crippen molar-refractivity contribution in [2.75, 3.05) is 31.8 Å². The number of carbonyl (C=O) groups is 1. The zero-order valence-electron chi connectivity index (χ0n) is 12.4. The minimum atomic E-state index is -0.181. The summed E-state index contributed by atoms with van der Waals surface area (Å²) in [5.41, 5.74) is 2.22. The number of nitrogens with zero attached hydrogens (tertiary/aromatic N) is 2. The summed E-state index contributed by atoms with van der Waals surface area (Å²) in [4.78, 5) is 18.8. The molecule has 0 atom stereocenters. The van der Waals surface area contributed by atoms with Crippen LogP contribution >= 0.6 is 0 Å². The standard InChI is InChI=1S/C16H17N3O3/c1-17-16(20)12-7-13(19-4-2-3-5-19)10-6-14-15(22-9-21-14)8-11(10)18-12/h6-8H,2-5,9H2,1H3,(H,17,20). The maximum absolute atomic E-state index is 12.0. The monoisotopic (exact) mass is 299 g/mol. The summed E-state index contributed by atoms with van der Waals surface area (Å²) in [6.45, 7) is 2.23. The highest BCUT2D eigenvalue weighted by molar-refractivity contribution is 6.01. The van der Waals surface area contributed by atoms with E-state index in [2.05, 4.69) is 15.2 Å². The first kappa shape index (κ1) is 13.2. The Bertz CT molecular complexity index is 754. The molecule has 0 saturated carbocycles. The first-order chi connectivity index (χ1) is 10.8.